The van der Waals surface area contributed by atoms with Gasteiger partial charge in [-0.15, -0.1) is 11.3 Å². The van der Waals surface area contributed by atoms with Gasteiger partial charge in [0.25, 0.3) is 0 Å². The highest BCUT2D eigenvalue weighted by Crippen LogP contribution is 2.42. The van der Waals surface area contributed by atoms with Crippen molar-refractivity contribution in [2.45, 2.75) is 57.4 Å². The zero-order valence-electron chi connectivity index (χ0n) is 10.5. The molecule has 0 aliphatic heterocycles. The lowest BCUT2D eigenvalue weighted by Gasteiger charge is -2.27. The standard InChI is InChI=1S/C14H22ClNS/c1-2-4-11-5-3-8-14(16,9-6-11)13-12(15)7-10-17-13/h7,10-11H,2-6,8-9,16H2,1H3. The van der Waals surface area contributed by atoms with Crippen LogP contribution in [0.25, 0.3) is 0 Å². The van der Waals surface area contributed by atoms with Gasteiger partial charge in [-0.1, -0.05) is 44.2 Å². The third-order valence-electron chi connectivity index (χ3n) is 4.00. The summed E-state index contributed by atoms with van der Waals surface area (Å²) in [6.07, 6.45) is 8.69. The van der Waals surface area contributed by atoms with Crippen LogP contribution < -0.4 is 5.73 Å². The Morgan fingerprint density at radius 3 is 2.94 bits per heavy atom. The molecule has 2 unspecified atom stereocenters. The molecule has 2 N–H and O–H groups in total. The Morgan fingerprint density at radius 2 is 2.29 bits per heavy atom. The molecule has 0 radical (unpaired) electrons. The Labute approximate surface area is 113 Å². The summed E-state index contributed by atoms with van der Waals surface area (Å²) in [4.78, 5) is 1.20. The van der Waals surface area contributed by atoms with E-state index in [9.17, 15) is 0 Å². The molecule has 0 bridgehead atoms. The number of thiophene rings is 1. The Kier molecular flexibility index (Phi) is 4.51. The van der Waals surface area contributed by atoms with Crippen LogP contribution in [0.5, 0.6) is 0 Å². The van der Waals surface area contributed by atoms with Crippen LogP contribution in [-0.2, 0) is 5.54 Å². The minimum Gasteiger partial charge on any atom is -0.321 e. The van der Waals surface area contributed by atoms with Crippen molar-refractivity contribution in [3.05, 3.63) is 21.3 Å². The highest BCUT2D eigenvalue weighted by atomic mass is 35.5. The van der Waals surface area contributed by atoms with Gasteiger partial charge in [-0.3, -0.25) is 0 Å². The van der Waals surface area contributed by atoms with Crippen LogP contribution in [0.3, 0.4) is 0 Å². The predicted octanol–water partition coefficient (Wildman–Crippen LogP) is 4.94. The smallest absolute Gasteiger partial charge is 0.0564 e. The van der Waals surface area contributed by atoms with E-state index >= 15 is 0 Å². The average molecular weight is 272 g/mol. The zero-order chi connectivity index (χ0) is 12.3. The number of hydrogen-bond donors (Lipinski definition) is 1. The molecule has 2 atom stereocenters. The van der Waals surface area contributed by atoms with E-state index in [0.29, 0.717) is 0 Å². The van der Waals surface area contributed by atoms with Gasteiger partial charge in [-0.05, 0) is 36.6 Å². The van der Waals surface area contributed by atoms with Gasteiger partial charge in [0.1, 0.15) is 0 Å². The first-order valence-corrected chi connectivity index (χ1v) is 7.94. The summed E-state index contributed by atoms with van der Waals surface area (Å²) < 4.78 is 0. The van der Waals surface area contributed by atoms with Gasteiger partial charge >= 0.3 is 0 Å². The van der Waals surface area contributed by atoms with Gasteiger partial charge in [0.2, 0.25) is 0 Å². The van der Waals surface area contributed by atoms with E-state index < -0.39 is 0 Å². The monoisotopic (exact) mass is 271 g/mol. The molecule has 1 nitrogen and oxygen atoms in total. The second kappa shape index (κ2) is 5.73. The van der Waals surface area contributed by atoms with Gasteiger partial charge in [0.05, 0.1) is 10.6 Å². The molecule has 0 aromatic carbocycles. The van der Waals surface area contributed by atoms with Crippen LogP contribution in [0, 0.1) is 5.92 Å². The minimum absolute atomic E-state index is 0.159. The molecule has 3 heteroatoms. The number of rotatable bonds is 3. The molecule has 1 saturated carbocycles. The summed E-state index contributed by atoms with van der Waals surface area (Å²) >= 11 is 7.97. The van der Waals surface area contributed by atoms with Crippen molar-refractivity contribution in [3.8, 4) is 0 Å². The fraction of sp³-hybridized carbons (Fsp3) is 0.714. The van der Waals surface area contributed by atoms with Gasteiger partial charge in [-0.25, -0.2) is 0 Å². The molecule has 17 heavy (non-hydrogen) atoms. The molecular weight excluding hydrogens is 250 g/mol. The van der Waals surface area contributed by atoms with Crippen LogP contribution >= 0.6 is 22.9 Å². The second-order valence-corrected chi connectivity index (χ2v) is 6.66. The largest absolute Gasteiger partial charge is 0.321 e. The van der Waals surface area contributed by atoms with E-state index in [2.05, 4.69) is 12.3 Å². The van der Waals surface area contributed by atoms with Crippen LogP contribution in [0.2, 0.25) is 5.02 Å². The van der Waals surface area contributed by atoms with Crippen molar-refractivity contribution in [2.24, 2.45) is 11.7 Å². The van der Waals surface area contributed by atoms with Crippen molar-refractivity contribution < 1.29 is 0 Å². The SMILES string of the molecule is CCCC1CCCC(N)(c2sccc2Cl)CC1. The maximum absolute atomic E-state index is 6.61. The van der Waals surface area contributed by atoms with E-state index in [0.717, 1.165) is 23.8 Å². The third kappa shape index (κ3) is 3.04. The molecule has 0 amide bonds. The Morgan fingerprint density at radius 1 is 1.47 bits per heavy atom. The van der Waals surface area contributed by atoms with Crippen LogP contribution in [0.1, 0.15) is 56.7 Å². The maximum atomic E-state index is 6.61. The average Bonchev–Trinajstić information content (AvgIpc) is 2.64. The Balaban J connectivity index is 2.09. The topological polar surface area (TPSA) is 26.0 Å². The molecule has 96 valence electrons. The summed E-state index contributed by atoms with van der Waals surface area (Å²) in [5.74, 6) is 0.879. The summed E-state index contributed by atoms with van der Waals surface area (Å²) in [6.45, 7) is 2.27. The summed E-state index contributed by atoms with van der Waals surface area (Å²) in [7, 11) is 0. The molecule has 0 saturated heterocycles. The summed E-state index contributed by atoms with van der Waals surface area (Å²) in [6, 6.07) is 1.98. The predicted molar refractivity (Wildman–Crippen MR) is 76.7 cm³/mol. The van der Waals surface area contributed by atoms with Gasteiger partial charge in [0, 0.05) is 4.88 Å². The zero-order valence-corrected chi connectivity index (χ0v) is 12.1. The summed E-state index contributed by atoms with van der Waals surface area (Å²) in [5.41, 5.74) is 6.45. The van der Waals surface area contributed by atoms with Crippen LogP contribution in [-0.4, -0.2) is 0 Å². The fourth-order valence-electron chi connectivity index (χ4n) is 3.01. The molecular formula is C14H22ClNS. The molecule has 1 fully saturated rings. The Bertz CT molecular complexity index is 363. The number of nitrogens with two attached hydrogens (primary N) is 1. The van der Waals surface area contributed by atoms with Gasteiger partial charge < -0.3 is 5.73 Å². The maximum Gasteiger partial charge on any atom is 0.0564 e. The molecule has 1 aromatic rings. The highest BCUT2D eigenvalue weighted by molar-refractivity contribution is 7.10. The quantitative estimate of drug-likeness (QED) is 0.775. The lowest BCUT2D eigenvalue weighted by atomic mass is 9.88. The van der Waals surface area contributed by atoms with Gasteiger partial charge in [-0.2, -0.15) is 0 Å². The number of hydrogen-bond acceptors (Lipinski definition) is 2. The lowest BCUT2D eigenvalue weighted by molar-refractivity contribution is 0.373. The first-order chi connectivity index (χ1) is 8.15. The normalized spacial score (nSPS) is 30.2. The van der Waals surface area contributed by atoms with Crippen molar-refractivity contribution in [1.29, 1.82) is 0 Å². The molecule has 0 spiro atoms. The molecule has 2 rings (SSSR count). The van der Waals surface area contributed by atoms with Crippen molar-refractivity contribution >= 4 is 22.9 Å². The van der Waals surface area contributed by atoms with Crippen molar-refractivity contribution in [3.63, 3.8) is 0 Å². The fourth-order valence-corrected chi connectivity index (χ4v) is 4.43. The molecule has 1 aliphatic carbocycles. The highest BCUT2D eigenvalue weighted by Gasteiger charge is 2.33. The van der Waals surface area contributed by atoms with Crippen LogP contribution in [0.15, 0.2) is 11.4 Å². The minimum atomic E-state index is -0.159. The summed E-state index contributed by atoms with van der Waals surface area (Å²) in [5, 5.41) is 2.92. The van der Waals surface area contributed by atoms with E-state index in [1.807, 2.05) is 6.07 Å². The van der Waals surface area contributed by atoms with Crippen LogP contribution in [0.4, 0.5) is 0 Å². The first kappa shape index (κ1) is 13.4. The molecule has 1 aliphatic rings. The Hall–Kier alpha value is -0.0500. The third-order valence-corrected chi connectivity index (χ3v) is 5.56. The lowest BCUT2D eigenvalue weighted by Crippen LogP contribution is -2.35. The van der Waals surface area contributed by atoms with E-state index in [-0.39, 0.29) is 5.54 Å². The van der Waals surface area contributed by atoms with E-state index in [1.54, 1.807) is 11.3 Å². The van der Waals surface area contributed by atoms with Gasteiger partial charge in [0.15, 0.2) is 0 Å². The van der Waals surface area contributed by atoms with E-state index in [4.69, 9.17) is 17.3 Å². The number of halogens is 1. The van der Waals surface area contributed by atoms with Crippen molar-refractivity contribution in [2.75, 3.05) is 0 Å². The second-order valence-electron chi connectivity index (χ2n) is 5.34. The van der Waals surface area contributed by atoms with Crippen molar-refractivity contribution in [1.82, 2.24) is 0 Å². The molecule has 1 heterocycles. The van der Waals surface area contributed by atoms with E-state index in [1.165, 1.54) is 37.0 Å². The molecule has 1 aromatic heterocycles. The first-order valence-electron chi connectivity index (χ1n) is 6.68.